The Morgan fingerprint density at radius 1 is 1.00 bits per heavy atom. The second kappa shape index (κ2) is 8.17. The van der Waals surface area contributed by atoms with Crippen molar-refractivity contribution in [3.63, 3.8) is 0 Å². The second-order valence-corrected chi connectivity index (χ2v) is 6.91. The summed E-state index contributed by atoms with van der Waals surface area (Å²) in [6, 6.07) is 16.3. The Morgan fingerprint density at radius 2 is 1.68 bits per heavy atom. The van der Waals surface area contributed by atoms with Gasteiger partial charge < -0.3 is 10.6 Å². The van der Waals surface area contributed by atoms with Gasteiger partial charge in [0.15, 0.2) is 0 Å². The van der Waals surface area contributed by atoms with Gasteiger partial charge in [0.25, 0.3) is 0 Å². The third-order valence-electron chi connectivity index (χ3n) is 4.82. The Morgan fingerprint density at radius 3 is 2.36 bits per heavy atom. The molecule has 0 unspecified atom stereocenters. The highest BCUT2D eigenvalue weighted by Gasteiger charge is 2.15. The van der Waals surface area contributed by atoms with Gasteiger partial charge in [-0.1, -0.05) is 30.3 Å². The molecule has 132 valence electrons. The number of primary amides is 1. The molecular weight excluding hydrogens is 310 g/mol. The number of nitrogens with two attached hydrogens (primary N) is 1. The predicted octanol–water partition coefficient (Wildman–Crippen LogP) is 3.41. The van der Waals surface area contributed by atoms with Gasteiger partial charge in [-0.2, -0.15) is 0 Å². The fourth-order valence-corrected chi connectivity index (χ4v) is 3.52. The van der Waals surface area contributed by atoms with Crippen LogP contribution in [0.5, 0.6) is 0 Å². The summed E-state index contributed by atoms with van der Waals surface area (Å²) in [5, 5.41) is 0. The molecule has 2 N–H and O–H groups in total. The third-order valence-corrected chi connectivity index (χ3v) is 4.82. The average molecular weight is 337 g/mol. The first kappa shape index (κ1) is 17.5. The molecule has 1 fully saturated rings. The molecule has 25 heavy (non-hydrogen) atoms. The number of carbonyl (C=O) groups excluding carboxylic acids is 1. The molecule has 1 amide bonds. The number of rotatable bonds is 6. The summed E-state index contributed by atoms with van der Waals surface area (Å²) in [6.07, 6.45) is 3.92. The van der Waals surface area contributed by atoms with Crippen LogP contribution in [0.3, 0.4) is 0 Å². The quantitative estimate of drug-likeness (QED) is 0.879. The van der Waals surface area contributed by atoms with Gasteiger partial charge in [0.2, 0.25) is 5.91 Å². The summed E-state index contributed by atoms with van der Waals surface area (Å²) in [7, 11) is 2.13. The van der Waals surface area contributed by atoms with Crippen LogP contribution in [0.1, 0.15) is 40.7 Å². The molecule has 4 nitrogen and oxygen atoms in total. The molecule has 0 radical (unpaired) electrons. The molecule has 4 heteroatoms. The molecule has 1 aliphatic heterocycles. The number of amides is 1. The molecule has 1 saturated heterocycles. The zero-order valence-electron chi connectivity index (χ0n) is 14.9. The number of hydrogen-bond donors (Lipinski definition) is 1. The van der Waals surface area contributed by atoms with Crippen LogP contribution in [-0.2, 0) is 13.1 Å². The lowest BCUT2D eigenvalue weighted by Crippen LogP contribution is -2.31. The molecule has 0 aromatic heterocycles. The van der Waals surface area contributed by atoms with Crippen LogP contribution in [0.15, 0.2) is 48.5 Å². The van der Waals surface area contributed by atoms with Gasteiger partial charge >= 0.3 is 0 Å². The normalized spacial score (nSPS) is 14.7. The first-order chi connectivity index (χ1) is 12.1. The van der Waals surface area contributed by atoms with E-state index in [1.807, 2.05) is 12.1 Å². The maximum atomic E-state index is 11.2. The topological polar surface area (TPSA) is 49.6 Å². The minimum atomic E-state index is -0.379. The van der Waals surface area contributed by atoms with Crippen molar-refractivity contribution in [2.45, 2.75) is 32.4 Å². The zero-order valence-corrected chi connectivity index (χ0v) is 14.9. The van der Waals surface area contributed by atoms with E-state index in [-0.39, 0.29) is 5.91 Å². The SMILES string of the molecule is CN(Cc1ccc(C(N)=O)cc1)Cc1ccccc1N1CCCCC1. The monoisotopic (exact) mass is 337 g/mol. The van der Waals surface area contributed by atoms with Gasteiger partial charge in [-0.25, -0.2) is 0 Å². The summed E-state index contributed by atoms with van der Waals surface area (Å²) in [6.45, 7) is 4.07. The number of carbonyl (C=O) groups is 1. The molecule has 0 atom stereocenters. The van der Waals surface area contributed by atoms with Gasteiger partial charge in [-0.3, -0.25) is 9.69 Å². The number of anilines is 1. The third kappa shape index (κ3) is 4.60. The molecule has 3 rings (SSSR count). The predicted molar refractivity (Wildman–Crippen MR) is 103 cm³/mol. The van der Waals surface area contributed by atoms with Gasteiger partial charge in [0.05, 0.1) is 0 Å². The van der Waals surface area contributed by atoms with E-state index < -0.39 is 0 Å². The molecule has 2 aromatic rings. The van der Waals surface area contributed by atoms with E-state index in [0.29, 0.717) is 5.56 Å². The van der Waals surface area contributed by atoms with Crippen molar-refractivity contribution in [1.82, 2.24) is 4.90 Å². The molecule has 0 bridgehead atoms. The fourth-order valence-electron chi connectivity index (χ4n) is 3.52. The lowest BCUT2D eigenvalue weighted by atomic mass is 10.1. The van der Waals surface area contributed by atoms with E-state index in [0.717, 1.165) is 26.2 Å². The number of hydrogen-bond acceptors (Lipinski definition) is 3. The number of benzene rings is 2. The van der Waals surface area contributed by atoms with Crippen molar-refractivity contribution < 1.29 is 4.79 Å². The van der Waals surface area contributed by atoms with Crippen LogP contribution in [0.25, 0.3) is 0 Å². The van der Waals surface area contributed by atoms with Crippen molar-refractivity contribution >= 4 is 11.6 Å². The first-order valence-corrected chi connectivity index (χ1v) is 9.03. The van der Waals surface area contributed by atoms with Crippen LogP contribution < -0.4 is 10.6 Å². The van der Waals surface area contributed by atoms with Crippen LogP contribution in [0, 0.1) is 0 Å². The smallest absolute Gasteiger partial charge is 0.248 e. The Bertz CT molecular complexity index is 705. The van der Waals surface area contributed by atoms with Crippen molar-refractivity contribution in [2.24, 2.45) is 5.73 Å². The lowest BCUT2D eigenvalue weighted by molar-refractivity contribution is 0.100. The molecule has 1 aliphatic rings. The highest BCUT2D eigenvalue weighted by Crippen LogP contribution is 2.25. The standard InChI is InChI=1S/C21H27N3O/c1-23(15-17-9-11-18(12-10-17)21(22)25)16-19-7-3-4-8-20(19)24-13-5-2-6-14-24/h3-4,7-12H,2,5-6,13-16H2,1H3,(H2,22,25). The summed E-state index contributed by atoms with van der Waals surface area (Å²) >= 11 is 0. The minimum absolute atomic E-state index is 0.379. The summed E-state index contributed by atoms with van der Waals surface area (Å²) < 4.78 is 0. The lowest BCUT2D eigenvalue weighted by Gasteiger charge is -2.31. The largest absolute Gasteiger partial charge is 0.371 e. The second-order valence-electron chi connectivity index (χ2n) is 6.91. The van der Waals surface area contributed by atoms with E-state index in [2.05, 4.69) is 41.1 Å². The first-order valence-electron chi connectivity index (χ1n) is 9.03. The van der Waals surface area contributed by atoms with E-state index in [4.69, 9.17) is 5.73 Å². The van der Waals surface area contributed by atoms with Gasteiger partial charge in [0, 0.05) is 37.4 Å². The molecular formula is C21H27N3O. The average Bonchev–Trinajstić information content (AvgIpc) is 2.63. The number of piperidine rings is 1. The Hall–Kier alpha value is -2.33. The van der Waals surface area contributed by atoms with Gasteiger partial charge in [-0.15, -0.1) is 0 Å². The highest BCUT2D eigenvalue weighted by molar-refractivity contribution is 5.92. The highest BCUT2D eigenvalue weighted by atomic mass is 16.1. The van der Waals surface area contributed by atoms with Crippen LogP contribution in [0.4, 0.5) is 5.69 Å². The molecule has 1 heterocycles. The summed E-state index contributed by atoms with van der Waals surface area (Å²) in [4.78, 5) is 16.0. The maximum absolute atomic E-state index is 11.2. The van der Waals surface area contributed by atoms with Gasteiger partial charge in [-0.05, 0) is 55.6 Å². The zero-order chi connectivity index (χ0) is 17.6. The Balaban J connectivity index is 1.66. The minimum Gasteiger partial charge on any atom is -0.371 e. The summed E-state index contributed by atoms with van der Waals surface area (Å²) in [5.41, 5.74) is 9.79. The van der Waals surface area contributed by atoms with E-state index >= 15 is 0 Å². The van der Waals surface area contributed by atoms with E-state index in [9.17, 15) is 4.79 Å². The Kier molecular flexibility index (Phi) is 5.71. The van der Waals surface area contributed by atoms with Crippen molar-refractivity contribution in [2.75, 3.05) is 25.0 Å². The van der Waals surface area contributed by atoms with Crippen LogP contribution in [0.2, 0.25) is 0 Å². The Labute approximate surface area is 150 Å². The molecule has 0 aliphatic carbocycles. The fraction of sp³-hybridized carbons (Fsp3) is 0.381. The van der Waals surface area contributed by atoms with Crippen LogP contribution in [-0.4, -0.2) is 30.9 Å². The number of para-hydroxylation sites is 1. The summed E-state index contributed by atoms with van der Waals surface area (Å²) in [5.74, 6) is -0.379. The van der Waals surface area contributed by atoms with Crippen molar-refractivity contribution in [3.8, 4) is 0 Å². The van der Waals surface area contributed by atoms with E-state index in [1.54, 1.807) is 12.1 Å². The maximum Gasteiger partial charge on any atom is 0.248 e. The van der Waals surface area contributed by atoms with Crippen molar-refractivity contribution in [3.05, 3.63) is 65.2 Å². The molecule has 0 saturated carbocycles. The van der Waals surface area contributed by atoms with Crippen LogP contribution >= 0.6 is 0 Å². The molecule has 2 aromatic carbocycles. The van der Waals surface area contributed by atoms with Gasteiger partial charge in [0.1, 0.15) is 0 Å². The van der Waals surface area contributed by atoms with Crippen molar-refractivity contribution in [1.29, 1.82) is 0 Å². The van der Waals surface area contributed by atoms with E-state index in [1.165, 1.54) is 36.1 Å². The molecule has 0 spiro atoms. The number of nitrogens with zero attached hydrogens (tertiary/aromatic N) is 2.